The highest BCUT2D eigenvalue weighted by Crippen LogP contribution is 2.15. The van der Waals surface area contributed by atoms with Gasteiger partial charge in [-0.1, -0.05) is 11.2 Å². The molecule has 114 valence electrons. The van der Waals surface area contributed by atoms with Crippen LogP contribution in [0, 0.1) is 6.92 Å². The monoisotopic (exact) mass is 299 g/mol. The molecule has 0 aliphatic carbocycles. The van der Waals surface area contributed by atoms with Gasteiger partial charge in [-0.2, -0.15) is 0 Å². The highest BCUT2D eigenvalue weighted by Gasteiger charge is 2.20. The van der Waals surface area contributed by atoms with Crippen molar-refractivity contribution in [3.63, 3.8) is 0 Å². The molecule has 2 aromatic rings. The largest absolute Gasteiger partial charge is 0.360 e. The van der Waals surface area contributed by atoms with Crippen LogP contribution in [-0.2, 0) is 0 Å². The quantitative estimate of drug-likeness (QED) is 0.944. The zero-order chi connectivity index (χ0) is 15.5. The Morgan fingerprint density at radius 1 is 1.18 bits per heavy atom. The number of amides is 2. The minimum Gasteiger partial charge on any atom is -0.360 e. The summed E-state index contributed by atoms with van der Waals surface area (Å²) in [5.41, 5.74) is 0.955. The number of benzene rings is 1. The Hall–Kier alpha value is -2.63. The molecule has 1 aliphatic rings. The molecule has 3 rings (SSSR count). The second-order valence-corrected chi connectivity index (χ2v) is 5.36. The summed E-state index contributed by atoms with van der Waals surface area (Å²) >= 11 is 0. The third-order valence-corrected chi connectivity index (χ3v) is 3.63. The summed E-state index contributed by atoms with van der Waals surface area (Å²) < 4.78 is 4.91. The molecule has 1 saturated heterocycles. The van der Waals surface area contributed by atoms with Gasteiger partial charge in [0, 0.05) is 30.3 Å². The molecule has 6 nitrogen and oxygen atoms in total. The summed E-state index contributed by atoms with van der Waals surface area (Å²) in [5, 5.41) is 6.37. The molecule has 0 unspecified atom stereocenters. The zero-order valence-electron chi connectivity index (χ0n) is 12.3. The number of nitrogens with one attached hydrogen (secondary N) is 1. The molecule has 0 saturated carbocycles. The van der Waals surface area contributed by atoms with E-state index in [4.69, 9.17) is 4.52 Å². The van der Waals surface area contributed by atoms with E-state index in [9.17, 15) is 9.59 Å². The maximum atomic E-state index is 12.4. The minimum atomic E-state index is -0.315. The maximum Gasteiger partial charge on any atom is 0.256 e. The SMILES string of the molecule is Cc1cc(NC(=O)c2cccc(C(=O)N3CCCC3)c2)no1. The van der Waals surface area contributed by atoms with E-state index in [1.807, 2.05) is 4.90 Å². The van der Waals surface area contributed by atoms with Crippen LogP contribution in [0.4, 0.5) is 5.82 Å². The first kappa shape index (κ1) is 14.3. The lowest BCUT2D eigenvalue weighted by molar-refractivity contribution is 0.0793. The molecule has 6 heteroatoms. The number of nitrogens with zero attached hydrogens (tertiary/aromatic N) is 2. The molecule has 2 amide bonds. The molecular weight excluding hydrogens is 282 g/mol. The van der Waals surface area contributed by atoms with Crippen molar-refractivity contribution in [1.29, 1.82) is 0 Å². The Morgan fingerprint density at radius 3 is 2.59 bits per heavy atom. The Labute approximate surface area is 128 Å². The first-order valence-corrected chi connectivity index (χ1v) is 7.27. The molecule has 2 heterocycles. The maximum absolute atomic E-state index is 12.4. The lowest BCUT2D eigenvalue weighted by atomic mass is 10.1. The molecule has 1 N–H and O–H groups in total. The standard InChI is InChI=1S/C16H17N3O3/c1-11-9-14(18-22-11)17-15(20)12-5-4-6-13(10-12)16(21)19-7-2-3-8-19/h4-6,9-10H,2-3,7-8H2,1H3,(H,17,18,20). The van der Waals surface area contributed by atoms with E-state index in [2.05, 4.69) is 10.5 Å². The number of hydrogen-bond donors (Lipinski definition) is 1. The van der Waals surface area contributed by atoms with E-state index >= 15 is 0 Å². The lowest BCUT2D eigenvalue weighted by Gasteiger charge is -2.15. The smallest absolute Gasteiger partial charge is 0.256 e. The van der Waals surface area contributed by atoms with Gasteiger partial charge in [-0.25, -0.2) is 0 Å². The first-order valence-electron chi connectivity index (χ1n) is 7.27. The van der Waals surface area contributed by atoms with Crippen molar-refractivity contribution < 1.29 is 14.1 Å². The van der Waals surface area contributed by atoms with Crippen molar-refractivity contribution in [3.05, 3.63) is 47.2 Å². The normalized spacial score (nSPS) is 14.1. The van der Waals surface area contributed by atoms with E-state index < -0.39 is 0 Å². The lowest BCUT2D eigenvalue weighted by Crippen LogP contribution is -2.27. The van der Waals surface area contributed by atoms with E-state index in [0.717, 1.165) is 25.9 Å². The van der Waals surface area contributed by atoms with Crippen molar-refractivity contribution >= 4 is 17.6 Å². The summed E-state index contributed by atoms with van der Waals surface area (Å²) in [6, 6.07) is 8.37. The van der Waals surface area contributed by atoms with Crippen LogP contribution in [0.25, 0.3) is 0 Å². The van der Waals surface area contributed by atoms with Gasteiger partial charge in [0.1, 0.15) is 5.76 Å². The molecule has 0 atom stereocenters. The van der Waals surface area contributed by atoms with Crippen LogP contribution in [0.15, 0.2) is 34.9 Å². The van der Waals surface area contributed by atoms with Gasteiger partial charge < -0.3 is 14.7 Å². The second-order valence-electron chi connectivity index (χ2n) is 5.36. The first-order chi connectivity index (χ1) is 10.6. The Kier molecular flexibility index (Phi) is 3.91. The fraction of sp³-hybridized carbons (Fsp3) is 0.312. The Balaban J connectivity index is 1.75. The average molecular weight is 299 g/mol. The molecule has 0 spiro atoms. The fourth-order valence-electron chi connectivity index (χ4n) is 2.51. The van der Waals surface area contributed by atoms with Gasteiger partial charge in [-0.3, -0.25) is 9.59 Å². The van der Waals surface area contributed by atoms with Gasteiger partial charge in [0.15, 0.2) is 5.82 Å². The Bertz CT molecular complexity index is 702. The molecule has 1 fully saturated rings. The second kappa shape index (κ2) is 6.01. The van der Waals surface area contributed by atoms with Crippen LogP contribution < -0.4 is 5.32 Å². The third-order valence-electron chi connectivity index (χ3n) is 3.63. The predicted octanol–water partition coefficient (Wildman–Crippen LogP) is 2.47. The van der Waals surface area contributed by atoms with Gasteiger partial charge in [-0.05, 0) is 38.0 Å². The molecule has 22 heavy (non-hydrogen) atoms. The van der Waals surface area contributed by atoms with Crippen LogP contribution in [0.1, 0.15) is 39.3 Å². The van der Waals surface area contributed by atoms with Crippen molar-refractivity contribution in [2.24, 2.45) is 0 Å². The summed E-state index contributed by atoms with van der Waals surface area (Å²) in [4.78, 5) is 26.4. The topological polar surface area (TPSA) is 75.4 Å². The van der Waals surface area contributed by atoms with Crippen molar-refractivity contribution in [2.75, 3.05) is 18.4 Å². The Morgan fingerprint density at radius 2 is 1.91 bits per heavy atom. The summed E-state index contributed by atoms with van der Waals surface area (Å²) in [5.74, 6) is 0.640. The van der Waals surface area contributed by atoms with Crippen LogP contribution in [0.2, 0.25) is 0 Å². The number of aryl methyl sites for hydroxylation is 1. The number of carbonyl (C=O) groups is 2. The number of likely N-dealkylation sites (tertiary alicyclic amines) is 1. The van der Waals surface area contributed by atoms with Gasteiger partial charge in [-0.15, -0.1) is 0 Å². The molecule has 0 radical (unpaired) electrons. The van der Waals surface area contributed by atoms with Crippen LogP contribution in [0.3, 0.4) is 0 Å². The molecular formula is C16H17N3O3. The zero-order valence-corrected chi connectivity index (χ0v) is 12.3. The molecule has 0 bridgehead atoms. The average Bonchev–Trinajstić information content (AvgIpc) is 3.18. The van der Waals surface area contributed by atoms with Gasteiger partial charge >= 0.3 is 0 Å². The van der Waals surface area contributed by atoms with Crippen molar-refractivity contribution in [2.45, 2.75) is 19.8 Å². The van der Waals surface area contributed by atoms with Gasteiger partial charge in [0.25, 0.3) is 11.8 Å². The fourth-order valence-corrected chi connectivity index (χ4v) is 2.51. The van der Waals surface area contributed by atoms with E-state index in [0.29, 0.717) is 22.7 Å². The highest BCUT2D eigenvalue weighted by molar-refractivity contribution is 6.05. The molecule has 1 aliphatic heterocycles. The minimum absolute atomic E-state index is 0.0237. The number of anilines is 1. The number of rotatable bonds is 3. The van der Waals surface area contributed by atoms with E-state index in [-0.39, 0.29) is 11.8 Å². The predicted molar refractivity (Wildman–Crippen MR) is 80.8 cm³/mol. The summed E-state index contributed by atoms with van der Waals surface area (Å²) in [6.45, 7) is 3.32. The third kappa shape index (κ3) is 3.00. The van der Waals surface area contributed by atoms with Crippen LogP contribution >= 0.6 is 0 Å². The van der Waals surface area contributed by atoms with Gasteiger partial charge in [0.2, 0.25) is 0 Å². The van der Waals surface area contributed by atoms with E-state index in [1.165, 1.54) is 0 Å². The molecule has 1 aromatic heterocycles. The number of carbonyl (C=O) groups excluding carboxylic acids is 2. The molecule has 1 aromatic carbocycles. The summed E-state index contributed by atoms with van der Waals surface area (Å²) in [6.07, 6.45) is 2.08. The van der Waals surface area contributed by atoms with Gasteiger partial charge in [0.05, 0.1) is 0 Å². The summed E-state index contributed by atoms with van der Waals surface area (Å²) in [7, 11) is 0. The number of aromatic nitrogens is 1. The van der Waals surface area contributed by atoms with E-state index in [1.54, 1.807) is 37.3 Å². The van der Waals surface area contributed by atoms with Crippen LogP contribution in [-0.4, -0.2) is 35.0 Å². The van der Waals surface area contributed by atoms with Crippen LogP contribution in [0.5, 0.6) is 0 Å². The highest BCUT2D eigenvalue weighted by atomic mass is 16.5. The number of hydrogen-bond acceptors (Lipinski definition) is 4. The van der Waals surface area contributed by atoms with Crippen molar-refractivity contribution in [3.8, 4) is 0 Å². The van der Waals surface area contributed by atoms with Crippen molar-refractivity contribution in [1.82, 2.24) is 10.1 Å².